The third-order valence-electron chi connectivity index (χ3n) is 4.43. The zero-order valence-electron chi connectivity index (χ0n) is 15.3. The number of carbonyl (C=O) groups is 1. The van der Waals surface area contributed by atoms with E-state index in [1.165, 1.54) is 11.1 Å². The van der Waals surface area contributed by atoms with Gasteiger partial charge in [0, 0.05) is 18.4 Å². The minimum atomic E-state index is -1.53. The number of aliphatic carboxylic acids is 1. The number of hydrogen-bond acceptors (Lipinski definition) is 3. The van der Waals surface area contributed by atoms with Crippen molar-refractivity contribution in [1.82, 2.24) is 0 Å². The molecule has 0 spiro atoms. The van der Waals surface area contributed by atoms with Crippen LogP contribution in [0.2, 0.25) is 0 Å². The SMILES string of the molecule is Cc1ccccc1-c1cccc(N(C)c2ccc([S+]([O-])CC(=O)O)cc2)c1. The predicted molar refractivity (Wildman–Crippen MR) is 110 cm³/mol. The zero-order chi connectivity index (χ0) is 19.4. The van der Waals surface area contributed by atoms with Gasteiger partial charge in [-0.25, -0.2) is 4.79 Å². The van der Waals surface area contributed by atoms with Gasteiger partial charge in [0.25, 0.3) is 0 Å². The first-order valence-electron chi connectivity index (χ1n) is 8.56. The molecule has 0 saturated carbocycles. The van der Waals surface area contributed by atoms with Crippen molar-refractivity contribution in [3.63, 3.8) is 0 Å². The maximum absolute atomic E-state index is 12.0. The average Bonchev–Trinajstić information content (AvgIpc) is 2.67. The second-order valence-corrected chi connectivity index (χ2v) is 7.75. The van der Waals surface area contributed by atoms with Crippen LogP contribution in [0.1, 0.15) is 5.56 Å². The van der Waals surface area contributed by atoms with E-state index >= 15 is 0 Å². The van der Waals surface area contributed by atoms with Crippen molar-refractivity contribution >= 4 is 28.5 Å². The van der Waals surface area contributed by atoms with Crippen LogP contribution in [0.5, 0.6) is 0 Å². The van der Waals surface area contributed by atoms with Crippen molar-refractivity contribution in [1.29, 1.82) is 0 Å². The molecule has 3 aromatic rings. The molecule has 3 aromatic carbocycles. The fraction of sp³-hybridized carbons (Fsp3) is 0.136. The van der Waals surface area contributed by atoms with Gasteiger partial charge in [0.05, 0.1) is 0 Å². The summed E-state index contributed by atoms with van der Waals surface area (Å²) >= 11 is -1.53. The summed E-state index contributed by atoms with van der Waals surface area (Å²) in [5, 5.41) is 8.77. The standard InChI is InChI=1S/C22H21NO3S/c1-16-6-3-4-9-21(16)17-7-5-8-19(14-17)23(2)18-10-12-20(13-11-18)27(26)15-22(24)25/h3-14H,15H2,1-2H3,(H,24,25). The van der Waals surface area contributed by atoms with Crippen LogP contribution in [0.25, 0.3) is 11.1 Å². The second kappa shape index (κ2) is 8.29. The van der Waals surface area contributed by atoms with Gasteiger partial charge in [-0.15, -0.1) is 0 Å². The van der Waals surface area contributed by atoms with E-state index in [-0.39, 0.29) is 5.75 Å². The molecule has 0 bridgehead atoms. The van der Waals surface area contributed by atoms with Crippen LogP contribution in [-0.4, -0.2) is 28.4 Å². The Morgan fingerprint density at radius 1 is 1.00 bits per heavy atom. The molecule has 5 heteroatoms. The van der Waals surface area contributed by atoms with Crippen molar-refractivity contribution in [2.45, 2.75) is 11.8 Å². The molecule has 1 atom stereocenters. The van der Waals surface area contributed by atoms with Crippen LogP contribution in [0, 0.1) is 6.92 Å². The van der Waals surface area contributed by atoms with E-state index in [1.54, 1.807) is 12.1 Å². The molecule has 27 heavy (non-hydrogen) atoms. The van der Waals surface area contributed by atoms with Crippen molar-refractivity contribution in [2.24, 2.45) is 0 Å². The molecule has 0 aliphatic carbocycles. The van der Waals surface area contributed by atoms with Crippen molar-refractivity contribution in [2.75, 3.05) is 17.7 Å². The molecule has 1 unspecified atom stereocenters. The number of aryl methyl sites for hydroxylation is 1. The highest BCUT2D eigenvalue weighted by Gasteiger charge is 2.16. The fourth-order valence-electron chi connectivity index (χ4n) is 2.94. The molecule has 0 aliphatic rings. The lowest BCUT2D eigenvalue weighted by molar-refractivity contribution is -0.134. The number of rotatable bonds is 6. The minimum absolute atomic E-state index is 0.381. The Morgan fingerprint density at radius 3 is 2.37 bits per heavy atom. The zero-order valence-corrected chi connectivity index (χ0v) is 16.1. The molecular weight excluding hydrogens is 358 g/mol. The van der Waals surface area contributed by atoms with Gasteiger partial charge >= 0.3 is 5.97 Å². The second-order valence-electron chi connectivity index (χ2n) is 6.30. The first-order valence-corrected chi connectivity index (χ1v) is 9.87. The molecule has 0 fully saturated rings. The summed E-state index contributed by atoms with van der Waals surface area (Å²) in [6.45, 7) is 2.10. The van der Waals surface area contributed by atoms with Crippen molar-refractivity contribution < 1.29 is 14.5 Å². The van der Waals surface area contributed by atoms with Crippen LogP contribution in [0.4, 0.5) is 11.4 Å². The molecular formula is C22H21NO3S. The quantitative estimate of drug-likeness (QED) is 0.635. The molecule has 3 rings (SSSR count). The van der Waals surface area contributed by atoms with E-state index in [4.69, 9.17) is 5.11 Å². The predicted octanol–water partition coefficient (Wildman–Crippen LogP) is 4.62. The largest absolute Gasteiger partial charge is 0.611 e. The maximum Gasteiger partial charge on any atom is 0.354 e. The van der Waals surface area contributed by atoms with Crippen LogP contribution in [-0.2, 0) is 16.0 Å². The monoisotopic (exact) mass is 379 g/mol. The van der Waals surface area contributed by atoms with E-state index in [2.05, 4.69) is 31.2 Å². The Bertz CT molecular complexity index is 940. The van der Waals surface area contributed by atoms with E-state index in [1.807, 2.05) is 48.3 Å². The Hall–Kier alpha value is -2.76. The summed E-state index contributed by atoms with van der Waals surface area (Å²) in [7, 11) is 1.97. The molecule has 138 valence electrons. The highest BCUT2D eigenvalue weighted by molar-refractivity contribution is 7.92. The Balaban J connectivity index is 1.84. The number of carboxylic acid groups (broad SMARTS) is 1. The van der Waals surface area contributed by atoms with Gasteiger partial charge in [-0.3, -0.25) is 0 Å². The third-order valence-corrected chi connectivity index (χ3v) is 5.74. The van der Waals surface area contributed by atoms with Crippen molar-refractivity contribution in [3.8, 4) is 11.1 Å². The van der Waals surface area contributed by atoms with Gasteiger partial charge in [0.2, 0.25) is 5.75 Å². The molecule has 1 N–H and O–H groups in total. The van der Waals surface area contributed by atoms with Crippen LogP contribution in [0.15, 0.2) is 77.7 Å². The molecule has 0 radical (unpaired) electrons. The van der Waals surface area contributed by atoms with Gasteiger partial charge in [0.15, 0.2) is 4.90 Å². The van der Waals surface area contributed by atoms with Gasteiger partial charge in [-0.05, 0) is 71.2 Å². The Morgan fingerprint density at radius 2 is 1.70 bits per heavy atom. The fourth-order valence-corrected chi connectivity index (χ4v) is 3.78. The summed E-state index contributed by atoms with van der Waals surface area (Å²) in [5.41, 5.74) is 5.55. The molecule has 0 aromatic heterocycles. The summed E-state index contributed by atoms with van der Waals surface area (Å²) in [5.74, 6) is -1.45. The van der Waals surface area contributed by atoms with E-state index in [0.29, 0.717) is 4.90 Å². The molecule has 0 saturated heterocycles. The highest BCUT2D eigenvalue weighted by Crippen LogP contribution is 2.30. The lowest BCUT2D eigenvalue weighted by atomic mass is 10.00. The number of carboxylic acids is 1. The number of anilines is 2. The lowest BCUT2D eigenvalue weighted by Gasteiger charge is -2.21. The van der Waals surface area contributed by atoms with E-state index < -0.39 is 17.1 Å². The summed E-state index contributed by atoms with van der Waals surface area (Å²) in [6.07, 6.45) is 0. The molecule has 0 amide bonds. The molecule has 0 heterocycles. The number of nitrogens with zero attached hydrogens (tertiary/aromatic N) is 1. The Kier molecular flexibility index (Phi) is 5.84. The van der Waals surface area contributed by atoms with Crippen molar-refractivity contribution in [3.05, 3.63) is 78.4 Å². The van der Waals surface area contributed by atoms with Crippen LogP contribution < -0.4 is 4.90 Å². The van der Waals surface area contributed by atoms with Crippen LogP contribution in [0.3, 0.4) is 0 Å². The molecule has 0 aliphatic heterocycles. The van der Waals surface area contributed by atoms with Crippen LogP contribution >= 0.6 is 0 Å². The smallest absolute Gasteiger partial charge is 0.354 e. The summed E-state index contributed by atoms with van der Waals surface area (Å²) in [4.78, 5) is 13.3. The highest BCUT2D eigenvalue weighted by atomic mass is 32.2. The van der Waals surface area contributed by atoms with Gasteiger partial charge < -0.3 is 14.6 Å². The lowest BCUT2D eigenvalue weighted by Crippen LogP contribution is -2.15. The van der Waals surface area contributed by atoms with Gasteiger partial charge in [-0.2, -0.15) is 0 Å². The minimum Gasteiger partial charge on any atom is -0.611 e. The van der Waals surface area contributed by atoms with E-state index in [0.717, 1.165) is 16.9 Å². The third kappa shape index (κ3) is 4.51. The summed E-state index contributed by atoms with van der Waals surface area (Å²) in [6, 6.07) is 23.7. The first kappa shape index (κ1) is 19.0. The van der Waals surface area contributed by atoms with Gasteiger partial charge in [0.1, 0.15) is 0 Å². The normalized spacial score (nSPS) is 11.8. The van der Waals surface area contributed by atoms with Gasteiger partial charge in [-0.1, -0.05) is 36.4 Å². The Labute approximate surface area is 162 Å². The number of hydrogen-bond donors (Lipinski definition) is 1. The topological polar surface area (TPSA) is 63.6 Å². The number of benzene rings is 3. The first-order chi connectivity index (χ1) is 13.0. The average molecular weight is 379 g/mol. The van der Waals surface area contributed by atoms with E-state index in [9.17, 15) is 9.35 Å². The summed E-state index contributed by atoms with van der Waals surface area (Å²) < 4.78 is 12.0. The maximum atomic E-state index is 12.0. The molecule has 4 nitrogen and oxygen atoms in total.